The maximum Gasteiger partial charge on any atom is 0.418 e. The van der Waals surface area contributed by atoms with Crippen LogP contribution in [0.5, 0.6) is 5.75 Å². The van der Waals surface area contributed by atoms with Gasteiger partial charge in [-0.05, 0) is 36.4 Å². The molecule has 2 aromatic carbocycles. The first-order valence-electron chi connectivity index (χ1n) is 8.29. The first kappa shape index (κ1) is 19.2. The van der Waals surface area contributed by atoms with Crippen LogP contribution in [0.1, 0.15) is 5.56 Å². The minimum atomic E-state index is -4.47. The van der Waals surface area contributed by atoms with Gasteiger partial charge in [-0.15, -0.1) is 0 Å². The topological polar surface area (TPSA) is 63.2 Å². The number of nitrogens with one attached hydrogen (secondary N) is 2. The maximum absolute atomic E-state index is 13.0. The standard InChI is InChI=1S/C20H16F3N3O2/c21-20(22,23)16-8-4-5-9-17(16)25-14-10-11-18(24-12-14)26-19(27)13-28-15-6-2-1-3-7-15/h1-12,25H,13H2,(H,24,26,27). The van der Waals surface area contributed by atoms with Crippen molar-refractivity contribution in [3.05, 3.63) is 78.5 Å². The summed E-state index contributed by atoms with van der Waals surface area (Å²) in [7, 11) is 0. The van der Waals surface area contributed by atoms with Crippen LogP contribution in [0.25, 0.3) is 0 Å². The molecule has 0 spiro atoms. The fourth-order valence-electron chi connectivity index (χ4n) is 2.38. The highest BCUT2D eigenvalue weighted by Crippen LogP contribution is 2.35. The van der Waals surface area contributed by atoms with E-state index in [0.717, 1.165) is 6.07 Å². The molecule has 0 saturated carbocycles. The third-order valence-corrected chi connectivity index (χ3v) is 3.66. The molecule has 0 unspecified atom stereocenters. The summed E-state index contributed by atoms with van der Waals surface area (Å²) >= 11 is 0. The summed E-state index contributed by atoms with van der Waals surface area (Å²) in [5.41, 5.74) is -0.495. The van der Waals surface area contributed by atoms with Gasteiger partial charge in [-0.3, -0.25) is 4.79 Å². The van der Waals surface area contributed by atoms with Crippen LogP contribution in [0.3, 0.4) is 0 Å². The molecule has 1 heterocycles. The van der Waals surface area contributed by atoms with Crippen molar-refractivity contribution in [2.24, 2.45) is 0 Å². The number of aromatic nitrogens is 1. The summed E-state index contributed by atoms with van der Waals surface area (Å²) in [6.07, 6.45) is -3.13. The van der Waals surface area contributed by atoms with E-state index in [1.165, 1.54) is 36.5 Å². The molecule has 1 amide bonds. The number of hydrogen-bond acceptors (Lipinski definition) is 4. The number of carbonyl (C=O) groups is 1. The third kappa shape index (κ3) is 5.23. The van der Waals surface area contributed by atoms with E-state index < -0.39 is 17.6 Å². The van der Waals surface area contributed by atoms with Gasteiger partial charge in [0.15, 0.2) is 6.61 Å². The molecule has 3 rings (SSSR count). The van der Waals surface area contributed by atoms with Gasteiger partial charge in [0.1, 0.15) is 11.6 Å². The second kappa shape index (κ2) is 8.43. The van der Waals surface area contributed by atoms with E-state index in [-0.39, 0.29) is 18.1 Å². The Bertz CT molecular complexity index is 929. The number of para-hydroxylation sites is 2. The molecule has 0 aliphatic carbocycles. The van der Waals surface area contributed by atoms with Crippen molar-refractivity contribution in [1.29, 1.82) is 0 Å². The van der Waals surface area contributed by atoms with Crippen molar-refractivity contribution >= 4 is 23.1 Å². The average Bonchev–Trinajstić information content (AvgIpc) is 2.68. The van der Waals surface area contributed by atoms with Crippen LogP contribution < -0.4 is 15.4 Å². The van der Waals surface area contributed by atoms with E-state index in [1.54, 1.807) is 24.3 Å². The van der Waals surface area contributed by atoms with Crippen molar-refractivity contribution in [2.45, 2.75) is 6.18 Å². The highest BCUT2D eigenvalue weighted by molar-refractivity contribution is 5.91. The largest absolute Gasteiger partial charge is 0.484 e. The molecule has 5 nitrogen and oxygen atoms in total. The Labute approximate surface area is 159 Å². The average molecular weight is 387 g/mol. The number of ether oxygens (including phenoxy) is 1. The van der Waals surface area contributed by atoms with Crippen LogP contribution in [0.2, 0.25) is 0 Å². The molecule has 0 aliphatic rings. The van der Waals surface area contributed by atoms with Crippen LogP contribution in [-0.4, -0.2) is 17.5 Å². The summed E-state index contributed by atoms with van der Waals surface area (Å²) in [6, 6.07) is 17.0. The molecular formula is C20H16F3N3O2. The quantitative estimate of drug-likeness (QED) is 0.634. The van der Waals surface area contributed by atoms with Gasteiger partial charge in [-0.25, -0.2) is 4.98 Å². The van der Waals surface area contributed by atoms with Gasteiger partial charge < -0.3 is 15.4 Å². The van der Waals surface area contributed by atoms with E-state index >= 15 is 0 Å². The number of benzene rings is 2. The molecule has 8 heteroatoms. The number of rotatable bonds is 6. The lowest BCUT2D eigenvalue weighted by Gasteiger charge is -2.14. The number of carbonyl (C=O) groups excluding carboxylic acids is 1. The minimum Gasteiger partial charge on any atom is -0.484 e. The zero-order valence-corrected chi connectivity index (χ0v) is 14.5. The number of pyridine rings is 1. The minimum absolute atomic E-state index is 0.0788. The number of nitrogens with zero attached hydrogens (tertiary/aromatic N) is 1. The highest BCUT2D eigenvalue weighted by atomic mass is 19.4. The maximum atomic E-state index is 13.0. The Kier molecular flexibility index (Phi) is 5.78. The van der Waals surface area contributed by atoms with E-state index in [4.69, 9.17) is 4.74 Å². The summed E-state index contributed by atoms with van der Waals surface area (Å²) < 4.78 is 44.4. The fourth-order valence-corrected chi connectivity index (χ4v) is 2.38. The van der Waals surface area contributed by atoms with Crippen LogP contribution >= 0.6 is 0 Å². The predicted molar refractivity (Wildman–Crippen MR) is 99.5 cm³/mol. The molecule has 0 atom stereocenters. The van der Waals surface area contributed by atoms with E-state index in [1.807, 2.05) is 6.07 Å². The normalized spacial score (nSPS) is 11.0. The molecule has 0 radical (unpaired) electrons. The first-order valence-corrected chi connectivity index (χ1v) is 8.29. The Morgan fingerprint density at radius 2 is 1.68 bits per heavy atom. The summed E-state index contributed by atoms with van der Waals surface area (Å²) in [5.74, 6) is 0.421. The number of amides is 1. The molecule has 144 valence electrons. The van der Waals surface area contributed by atoms with Gasteiger partial charge in [0.2, 0.25) is 0 Å². The van der Waals surface area contributed by atoms with Gasteiger partial charge in [0.05, 0.1) is 23.1 Å². The Morgan fingerprint density at radius 3 is 2.36 bits per heavy atom. The van der Waals surface area contributed by atoms with Crippen molar-refractivity contribution in [3.8, 4) is 5.75 Å². The predicted octanol–water partition coefficient (Wildman–Crippen LogP) is 4.86. The van der Waals surface area contributed by atoms with Crippen LogP contribution in [0.4, 0.5) is 30.4 Å². The number of halogens is 3. The van der Waals surface area contributed by atoms with Crippen molar-refractivity contribution in [2.75, 3.05) is 17.2 Å². The molecule has 2 N–H and O–H groups in total. The van der Waals surface area contributed by atoms with Crippen LogP contribution in [0.15, 0.2) is 72.9 Å². The zero-order chi connectivity index (χ0) is 20.0. The first-order chi connectivity index (χ1) is 13.4. The lowest BCUT2D eigenvalue weighted by molar-refractivity contribution is -0.136. The smallest absolute Gasteiger partial charge is 0.418 e. The summed E-state index contributed by atoms with van der Waals surface area (Å²) in [5, 5.41) is 5.24. The second-order valence-corrected chi connectivity index (χ2v) is 5.75. The fraction of sp³-hybridized carbons (Fsp3) is 0.100. The molecule has 0 saturated heterocycles. The molecule has 0 aliphatic heterocycles. The van der Waals surface area contributed by atoms with Gasteiger partial charge in [0, 0.05) is 0 Å². The van der Waals surface area contributed by atoms with E-state index in [9.17, 15) is 18.0 Å². The third-order valence-electron chi connectivity index (χ3n) is 3.66. The highest BCUT2D eigenvalue weighted by Gasteiger charge is 2.33. The van der Waals surface area contributed by atoms with Gasteiger partial charge >= 0.3 is 6.18 Å². The van der Waals surface area contributed by atoms with Crippen molar-refractivity contribution < 1.29 is 22.7 Å². The van der Waals surface area contributed by atoms with E-state index in [0.29, 0.717) is 11.4 Å². The van der Waals surface area contributed by atoms with E-state index in [2.05, 4.69) is 15.6 Å². The number of hydrogen-bond donors (Lipinski definition) is 2. The summed E-state index contributed by atoms with van der Waals surface area (Å²) in [4.78, 5) is 15.9. The molecule has 0 bridgehead atoms. The molecule has 28 heavy (non-hydrogen) atoms. The second-order valence-electron chi connectivity index (χ2n) is 5.75. The molecule has 3 aromatic rings. The van der Waals surface area contributed by atoms with Crippen LogP contribution in [-0.2, 0) is 11.0 Å². The zero-order valence-electron chi connectivity index (χ0n) is 14.5. The number of anilines is 3. The lowest BCUT2D eigenvalue weighted by atomic mass is 10.1. The molecule has 1 aromatic heterocycles. The Balaban J connectivity index is 1.59. The number of alkyl halides is 3. The van der Waals surface area contributed by atoms with Gasteiger partial charge in [0.25, 0.3) is 5.91 Å². The van der Waals surface area contributed by atoms with Crippen LogP contribution in [0, 0.1) is 0 Å². The van der Waals surface area contributed by atoms with Crippen molar-refractivity contribution in [3.63, 3.8) is 0 Å². The SMILES string of the molecule is O=C(COc1ccccc1)Nc1ccc(Nc2ccccc2C(F)(F)F)cn1. The lowest BCUT2D eigenvalue weighted by Crippen LogP contribution is -2.20. The molecular weight excluding hydrogens is 371 g/mol. The molecule has 0 fully saturated rings. The Morgan fingerprint density at radius 1 is 0.964 bits per heavy atom. The monoisotopic (exact) mass is 387 g/mol. The summed E-state index contributed by atoms with van der Waals surface area (Å²) in [6.45, 7) is -0.190. The Hall–Kier alpha value is -3.55. The van der Waals surface area contributed by atoms with Gasteiger partial charge in [-0.2, -0.15) is 13.2 Å². The van der Waals surface area contributed by atoms with Crippen molar-refractivity contribution in [1.82, 2.24) is 4.98 Å². The van der Waals surface area contributed by atoms with Gasteiger partial charge in [-0.1, -0.05) is 30.3 Å².